The first-order valence-corrected chi connectivity index (χ1v) is 13.7. The van der Waals surface area contributed by atoms with Crippen molar-refractivity contribution >= 4 is 11.6 Å². The lowest BCUT2D eigenvalue weighted by Gasteiger charge is -2.67. The Morgan fingerprint density at radius 2 is 1.47 bits per heavy atom. The Bertz CT molecular complexity index is 976. The zero-order chi connectivity index (χ0) is 25.2. The molecule has 0 bridgehead atoms. The smallest absolute Gasteiger partial charge is 0.160 e. The lowest BCUT2D eigenvalue weighted by Crippen LogP contribution is -2.65. The lowest BCUT2D eigenvalue weighted by atomic mass is 9.36. The van der Waals surface area contributed by atoms with Crippen molar-refractivity contribution in [2.75, 3.05) is 0 Å². The molecular formula is C30H46O4. The molecule has 9 unspecified atom stereocenters. The van der Waals surface area contributed by atoms with Gasteiger partial charge >= 0.3 is 0 Å². The third-order valence-electron chi connectivity index (χ3n) is 12.8. The zero-order valence-electron chi connectivity index (χ0n) is 22.6. The summed E-state index contributed by atoms with van der Waals surface area (Å²) in [5.74, 6) is 1.36. The van der Waals surface area contributed by atoms with Gasteiger partial charge in [0.25, 0.3) is 0 Å². The first kappa shape index (κ1) is 24.7. The van der Waals surface area contributed by atoms with Crippen LogP contribution in [0.2, 0.25) is 0 Å². The molecule has 0 aromatic carbocycles. The molecule has 4 nitrogen and oxygen atoms in total. The monoisotopic (exact) mass is 470 g/mol. The summed E-state index contributed by atoms with van der Waals surface area (Å²) in [7, 11) is 0. The van der Waals surface area contributed by atoms with Gasteiger partial charge in [-0.2, -0.15) is 0 Å². The maximum absolute atomic E-state index is 14.2. The van der Waals surface area contributed by atoms with Crippen molar-refractivity contribution in [1.29, 1.82) is 0 Å². The first-order chi connectivity index (χ1) is 15.6. The van der Waals surface area contributed by atoms with Crippen LogP contribution < -0.4 is 0 Å². The molecule has 9 atom stereocenters. The molecule has 5 aliphatic carbocycles. The highest BCUT2D eigenvalue weighted by Crippen LogP contribution is 2.74. The fraction of sp³-hybridized carbons (Fsp3) is 0.867. The van der Waals surface area contributed by atoms with Crippen molar-refractivity contribution in [3.8, 4) is 0 Å². The number of aliphatic hydroxyl groups excluding tert-OH is 2. The number of Topliss-reactive ketones (excluding diaryl/α,β-unsaturated/α-hetero) is 2. The molecule has 3 saturated carbocycles. The minimum absolute atomic E-state index is 0.0394. The molecule has 0 aromatic heterocycles. The zero-order valence-corrected chi connectivity index (χ0v) is 22.6. The van der Waals surface area contributed by atoms with Gasteiger partial charge in [-0.05, 0) is 72.0 Å². The van der Waals surface area contributed by atoms with Crippen LogP contribution in [0, 0.1) is 50.7 Å². The highest BCUT2D eigenvalue weighted by Gasteiger charge is 2.72. The molecule has 0 saturated heterocycles. The highest BCUT2D eigenvalue weighted by atomic mass is 16.3. The molecule has 5 rings (SSSR count). The summed E-state index contributed by atoms with van der Waals surface area (Å²) in [5, 5.41) is 22.6. The largest absolute Gasteiger partial charge is 0.393 e. The minimum atomic E-state index is -0.503. The third-order valence-corrected chi connectivity index (χ3v) is 12.8. The van der Waals surface area contributed by atoms with Gasteiger partial charge in [0.05, 0.1) is 12.2 Å². The fourth-order valence-corrected chi connectivity index (χ4v) is 10.7. The Balaban J connectivity index is 1.70. The summed E-state index contributed by atoms with van der Waals surface area (Å²) in [4.78, 5) is 28.2. The van der Waals surface area contributed by atoms with Gasteiger partial charge in [0.15, 0.2) is 11.6 Å². The first-order valence-electron chi connectivity index (χ1n) is 13.7. The van der Waals surface area contributed by atoms with Crippen molar-refractivity contribution in [3.63, 3.8) is 0 Å². The SMILES string of the molecule is CC(C)C1CCC2C1(C)C(O)CC1(C)C3=C(C(=O)CC21C)C1(C)CCC(O)C(C)(C)C1CC3=O. The van der Waals surface area contributed by atoms with Crippen molar-refractivity contribution < 1.29 is 19.8 Å². The number of hydrogen-bond donors (Lipinski definition) is 2. The molecule has 0 spiro atoms. The van der Waals surface area contributed by atoms with E-state index in [1.54, 1.807) is 0 Å². The van der Waals surface area contributed by atoms with Gasteiger partial charge < -0.3 is 10.2 Å². The minimum Gasteiger partial charge on any atom is -0.393 e. The predicted molar refractivity (Wildman–Crippen MR) is 133 cm³/mol. The van der Waals surface area contributed by atoms with E-state index in [1.165, 1.54) is 0 Å². The molecule has 0 aliphatic heterocycles. The predicted octanol–water partition coefficient (Wildman–Crippen LogP) is 5.50. The van der Waals surface area contributed by atoms with Crippen LogP contribution in [0.25, 0.3) is 0 Å². The second-order valence-electron chi connectivity index (χ2n) is 14.6. The van der Waals surface area contributed by atoms with Crippen molar-refractivity contribution in [3.05, 3.63) is 11.1 Å². The standard InChI is InChI=1S/C30H46O4/c1-16(2)17-9-10-20-28(6)14-19(32)24-25(29(28,7)15-23(34)30(17,20)8)18(31)13-21-26(3,4)22(33)11-12-27(21,24)5/h16-17,20-23,33-34H,9-15H2,1-8H3. The quantitative estimate of drug-likeness (QED) is 0.531. The van der Waals surface area contributed by atoms with Gasteiger partial charge in [-0.15, -0.1) is 0 Å². The summed E-state index contributed by atoms with van der Waals surface area (Å²) in [6.07, 6.45) is 4.00. The number of rotatable bonds is 1. The fourth-order valence-electron chi connectivity index (χ4n) is 10.7. The van der Waals surface area contributed by atoms with E-state index in [9.17, 15) is 19.8 Å². The van der Waals surface area contributed by atoms with Crippen LogP contribution in [0.5, 0.6) is 0 Å². The number of hydrogen-bond acceptors (Lipinski definition) is 4. The van der Waals surface area contributed by atoms with Crippen molar-refractivity contribution in [2.24, 2.45) is 50.7 Å². The molecule has 3 fully saturated rings. The van der Waals surface area contributed by atoms with Gasteiger partial charge in [0.2, 0.25) is 0 Å². The summed E-state index contributed by atoms with van der Waals surface area (Å²) in [5.41, 5.74) is -0.338. The van der Waals surface area contributed by atoms with Gasteiger partial charge in [0.1, 0.15) is 0 Å². The van der Waals surface area contributed by atoms with E-state index >= 15 is 0 Å². The summed E-state index contributed by atoms with van der Waals surface area (Å²) < 4.78 is 0. The van der Waals surface area contributed by atoms with E-state index in [0.717, 1.165) is 30.4 Å². The number of carbonyl (C=O) groups excluding carboxylic acids is 2. The molecule has 0 amide bonds. The highest BCUT2D eigenvalue weighted by molar-refractivity contribution is 6.11. The van der Waals surface area contributed by atoms with E-state index in [0.29, 0.717) is 37.5 Å². The second-order valence-corrected chi connectivity index (χ2v) is 14.6. The Morgan fingerprint density at radius 3 is 2.09 bits per heavy atom. The van der Waals surface area contributed by atoms with Gasteiger partial charge in [-0.25, -0.2) is 0 Å². The molecule has 5 aliphatic rings. The Morgan fingerprint density at radius 1 is 0.824 bits per heavy atom. The van der Waals surface area contributed by atoms with E-state index in [1.807, 2.05) is 0 Å². The van der Waals surface area contributed by atoms with E-state index < -0.39 is 28.5 Å². The Kier molecular flexibility index (Phi) is 5.13. The molecule has 0 aromatic rings. The number of fused-ring (bicyclic) bond motifs is 6. The average molecular weight is 471 g/mol. The maximum Gasteiger partial charge on any atom is 0.160 e. The number of ketones is 2. The normalized spacial score (nSPS) is 52.3. The number of carbonyl (C=O) groups is 2. The Hall–Kier alpha value is -1.00. The van der Waals surface area contributed by atoms with E-state index in [2.05, 4.69) is 55.4 Å². The van der Waals surface area contributed by atoms with Crippen LogP contribution in [0.1, 0.15) is 100 Å². The molecule has 4 heteroatoms. The van der Waals surface area contributed by atoms with Crippen LogP contribution in [0.15, 0.2) is 11.1 Å². The van der Waals surface area contributed by atoms with Crippen molar-refractivity contribution in [2.45, 2.75) is 113 Å². The molecule has 0 heterocycles. The van der Waals surface area contributed by atoms with Crippen LogP contribution in [0.3, 0.4) is 0 Å². The maximum atomic E-state index is 14.2. The van der Waals surface area contributed by atoms with Gasteiger partial charge in [0, 0.05) is 34.8 Å². The van der Waals surface area contributed by atoms with E-state index in [-0.39, 0.29) is 34.2 Å². The molecule has 2 N–H and O–H groups in total. The molecule has 190 valence electrons. The summed E-state index contributed by atoms with van der Waals surface area (Å²) >= 11 is 0. The van der Waals surface area contributed by atoms with Gasteiger partial charge in [-0.3, -0.25) is 9.59 Å². The van der Waals surface area contributed by atoms with Crippen LogP contribution >= 0.6 is 0 Å². The third kappa shape index (κ3) is 2.63. The topological polar surface area (TPSA) is 74.6 Å². The van der Waals surface area contributed by atoms with Gasteiger partial charge in [-0.1, -0.05) is 55.4 Å². The summed E-state index contributed by atoms with van der Waals surface area (Å²) in [6, 6.07) is 0. The van der Waals surface area contributed by atoms with Crippen LogP contribution in [-0.2, 0) is 9.59 Å². The van der Waals surface area contributed by atoms with Crippen LogP contribution in [-0.4, -0.2) is 34.0 Å². The van der Waals surface area contributed by atoms with Crippen molar-refractivity contribution in [1.82, 2.24) is 0 Å². The van der Waals surface area contributed by atoms with E-state index in [4.69, 9.17) is 0 Å². The lowest BCUT2D eigenvalue weighted by molar-refractivity contribution is -0.184. The molecular weight excluding hydrogens is 424 g/mol. The second kappa shape index (κ2) is 7.06. The summed E-state index contributed by atoms with van der Waals surface area (Å²) in [6.45, 7) is 17.6. The van der Waals surface area contributed by atoms with Crippen LogP contribution in [0.4, 0.5) is 0 Å². The molecule has 0 radical (unpaired) electrons. The molecule has 34 heavy (non-hydrogen) atoms. The average Bonchev–Trinajstić information content (AvgIpc) is 3.10. The number of aliphatic hydroxyl groups is 2. The Labute approximate surface area is 206 Å². The number of allylic oxidation sites excluding steroid dienone is 2.